The first-order valence-corrected chi connectivity index (χ1v) is 12.0. The molecule has 1 amide bonds. The third-order valence-electron chi connectivity index (χ3n) is 5.27. The third kappa shape index (κ3) is 4.38. The summed E-state index contributed by atoms with van der Waals surface area (Å²) >= 11 is 1.49. The number of amides is 1. The number of methoxy groups -OCH3 is 2. The Kier molecular flexibility index (Phi) is 6.85. The smallest absolute Gasteiger partial charge is 0.263 e. The standard InChI is InChI=1S/C21H26N2O6S2/c1-21(2)19(20(24)22-25)23(12-13-30-21)31(26,27)15-10-8-14(9-11-15)18-16(28-3)6-5-7-17(18)29-4/h5-11,19,25H,12-13H2,1-4H3,(H,22,24)/t19-/m0/s1. The Hall–Kier alpha value is -2.27. The fourth-order valence-corrected chi connectivity index (χ4v) is 6.89. The van der Waals surface area contributed by atoms with Gasteiger partial charge in [0.15, 0.2) is 0 Å². The Labute approximate surface area is 186 Å². The second-order valence-electron chi connectivity index (χ2n) is 7.51. The molecule has 3 rings (SSSR count). The van der Waals surface area contributed by atoms with Crippen molar-refractivity contribution < 1.29 is 27.9 Å². The predicted molar refractivity (Wildman–Crippen MR) is 119 cm³/mol. The molecule has 1 aliphatic rings. The van der Waals surface area contributed by atoms with Crippen molar-refractivity contribution in [3.8, 4) is 22.6 Å². The first-order chi connectivity index (χ1) is 14.7. The molecule has 1 heterocycles. The van der Waals surface area contributed by atoms with Crippen LogP contribution in [0.1, 0.15) is 13.8 Å². The molecule has 1 aliphatic heterocycles. The van der Waals surface area contributed by atoms with E-state index in [9.17, 15) is 18.4 Å². The van der Waals surface area contributed by atoms with E-state index in [1.807, 2.05) is 6.07 Å². The highest BCUT2D eigenvalue weighted by Gasteiger charge is 2.48. The van der Waals surface area contributed by atoms with Crippen molar-refractivity contribution in [1.29, 1.82) is 0 Å². The highest BCUT2D eigenvalue weighted by Crippen LogP contribution is 2.40. The molecule has 2 aromatic carbocycles. The second-order valence-corrected chi connectivity index (χ2v) is 11.1. The highest BCUT2D eigenvalue weighted by molar-refractivity contribution is 8.00. The van der Waals surface area contributed by atoms with Crippen LogP contribution in [-0.2, 0) is 14.8 Å². The summed E-state index contributed by atoms with van der Waals surface area (Å²) in [4.78, 5) is 12.4. The summed E-state index contributed by atoms with van der Waals surface area (Å²) in [6, 6.07) is 10.7. The van der Waals surface area contributed by atoms with Crippen LogP contribution >= 0.6 is 11.8 Å². The predicted octanol–water partition coefficient (Wildman–Crippen LogP) is 2.76. The van der Waals surface area contributed by atoms with Crippen LogP contribution in [0, 0.1) is 0 Å². The zero-order valence-corrected chi connectivity index (χ0v) is 19.4. The topological polar surface area (TPSA) is 105 Å². The molecule has 8 nitrogen and oxygen atoms in total. The number of carbonyl (C=O) groups is 1. The monoisotopic (exact) mass is 466 g/mol. The third-order valence-corrected chi connectivity index (χ3v) is 8.50. The lowest BCUT2D eigenvalue weighted by Gasteiger charge is -2.43. The summed E-state index contributed by atoms with van der Waals surface area (Å²) in [6.07, 6.45) is 0. The number of ether oxygens (including phenoxy) is 2. The maximum Gasteiger partial charge on any atom is 0.263 e. The molecule has 10 heteroatoms. The van der Waals surface area contributed by atoms with E-state index in [0.29, 0.717) is 22.8 Å². The number of thioether (sulfide) groups is 1. The number of benzene rings is 2. The number of carbonyl (C=O) groups excluding carboxylic acids is 1. The van der Waals surface area contributed by atoms with Gasteiger partial charge in [-0.1, -0.05) is 18.2 Å². The average Bonchev–Trinajstić information content (AvgIpc) is 2.77. The van der Waals surface area contributed by atoms with Gasteiger partial charge in [0.2, 0.25) is 10.0 Å². The number of nitrogens with zero attached hydrogens (tertiary/aromatic N) is 1. The fourth-order valence-electron chi connectivity index (χ4n) is 3.78. The van der Waals surface area contributed by atoms with Crippen LogP contribution in [0.15, 0.2) is 47.4 Å². The highest BCUT2D eigenvalue weighted by atomic mass is 32.2. The van der Waals surface area contributed by atoms with Crippen LogP contribution in [0.4, 0.5) is 0 Å². The molecule has 0 unspecified atom stereocenters. The van der Waals surface area contributed by atoms with E-state index in [1.165, 1.54) is 23.9 Å². The lowest BCUT2D eigenvalue weighted by atomic mass is 10.0. The van der Waals surface area contributed by atoms with Crippen molar-refractivity contribution >= 4 is 27.7 Å². The van der Waals surface area contributed by atoms with Gasteiger partial charge >= 0.3 is 0 Å². The van der Waals surface area contributed by atoms with E-state index in [4.69, 9.17) is 9.47 Å². The zero-order valence-electron chi connectivity index (χ0n) is 17.8. The van der Waals surface area contributed by atoms with Gasteiger partial charge in [-0.05, 0) is 43.7 Å². The second kappa shape index (κ2) is 9.07. The maximum absolute atomic E-state index is 13.4. The normalized spacial score (nSPS) is 18.9. The molecule has 168 valence electrons. The number of nitrogens with one attached hydrogen (secondary N) is 1. The molecule has 31 heavy (non-hydrogen) atoms. The van der Waals surface area contributed by atoms with Crippen LogP contribution in [0.3, 0.4) is 0 Å². The van der Waals surface area contributed by atoms with Gasteiger partial charge in [0, 0.05) is 17.0 Å². The Balaban J connectivity index is 2.01. The van der Waals surface area contributed by atoms with Gasteiger partial charge in [-0.25, -0.2) is 13.9 Å². The SMILES string of the molecule is COc1cccc(OC)c1-c1ccc(S(=O)(=O)N2CCSC(C)(C)[C@@H]2C(=O)NO)cc1. The average molecular weight is 467 g/mol. The molecule has 1 atom stereocenters. The van der Waals surface area contributed by atoms with Crippen LogP contribution in [0.5, 0.6) is 11.5 Å². The molecule has 0 radical (unpaired) electrons. The largest absolute Gasteiger partial charge is 0.496 e. The van der Waals surface area contributed by atoms with Crippen LogP contribution in [0.25, 0.3) is 11.1 Å². The summed E-state index contributed by atoms with van der Waals surface area (Å²) in [5.74, 6) is 0.989. The Morgan fingerprint density at radius 1 is 1.13 bits per heavy atom. The van der Waals surface area contributed by atoms with Gasteiger partial charge in [-0.3, -0.25) is 10.0 Å². The van der Waals surface area contributed by atoms with Crippen molar-refractivity contribution in [2.24, 2.45) is 0 Å². The van der Waals surface area contributed by atoms with Gasteiger partial charge in [0.25, 0.3) is 5.91 Å². The number of hydroxylamine groups is 1. The Bertz CT molecular complexity index is 1030. The molecular formula is C21H26N2O6S2. The molecule has 0 aliphatic carbocycles. The number of hydrogen-bond acceptors (Lipinski definition) is 7. The van der Waals surface area contributed by atoms with Crippen molar-refractivity contribution in [2.75, 3.05) is 26.5 Å². The number of sulfonamides is 1. The molecule has 2 N–H and O–H groups in total. The van der Waals surface area contributed by atoms with Crippen LogP contribution in [-0.4, -0.2) is 61.1 Å². The van der Waals surface area contributed by atoms with Gasteiger partial charge in [-0.2, -0.15) is 16.1 Å². The summed E-state index contributed by atoms with van der Waals surface area (Å²) in [6.45, 7) is 3.74. The molecule has 0 saturated carbocycles. The van der Waals surface area contributed by atoms with Gasteiger partial charge in [-0.15, -0.1) is 0 Å². The molecule has 0 aromatic heterocycles. The summed E-state index contributed by atoms with van der Waals surface area (Å²) < 4.78 is 38.1. The van der Waals surface area contributed by atoms with E-state index in [-0.39, 0.29) is 11.4 Å². The first-order valence-electron chi connectivity index (χ1n) is 9.58. The first kappa shape index (κ1) is 23.4. The molecule has 1 saturated heterocycles. The maximum atomic E-state index is 13.4. The van der Waals surface area contributed by atoms with Crippen molar-refractivity contribution in [1.82, 2.24) is 9.79 Å². The van der Waals surface area contributed by atoms with Gasteiger partial charge < -0.3 is 9.47 Å². The van der Waals surface area contributed by atoms with E-state index >= 15 is 0 Å². The van der Waals surface area contributed by atoms with E-state index < -0.39 is 26.7 Å². The number of rotatable bonds is 6. The lowest BCUT2D eigenvalue weighted by Crippen LogP contribution is -2.61. The molecule has 0 bridgehead atoms. The summed E-state index contributed by atoms with van der Waals surface area (Å²) in [7, 11) is -0.872. The van der Waals surface area contributed by atoms with Crippen molar-refractivity contribution in [2.45, 2.75) is 29.5 Å². The van der Waals surface area contributed by atoms with Crippen molar-refractivity contribution in [3.63, 3.8) is 0 Å². The summed E-state index contributed by atoms with van der Waals surface area (Å²) in [5, 5.41) is 9.18. The summed E-state index contributed by atoms with van der Waals surface area (Å²) in [5.41, 5.74) is 3.06. The molecule has 0 spiro atoms. The number of hydrogen-bond donors (Lipinski definition) is 2. The molecule has 1 fully saturated rings. The molecular weight excluding hydrogens is 440 g/mol. The zero-order chi connectivity index (χ0) is 22.8. The minimum absolute atomic E-state index is 0.0588. The van der Waals surface area contributed by atoms with Crippen LogP contribution < -0.4 is 15.0 Å². The van der Waals surface area contributed by atoms with E-state index in [2.05, 4.69) is 0 Å². The van der Waals surface area contributed by atoms with Gasteiger partial charge in [0.05, 0.1) is 24.7 Å². The lowest BCUT2D eigenvalue weighted by molar-refractivity contribution is -0.134. The van der Waals surface area contributed by atoms with Crippen LogP contribution in [0.2, 0.25) is 0 Å². The van der Waals surface area contributed by atoms with Crippen molar-refractivity contribution in [3.05, 3.63) is 42.5 Å². The fraction of sp³-hybridized carbons (Fsp3) is 0.381. The minimum Gasteiger partial charge on any atom is -0.496 e. The molecule has 2 aromatic rings. The minimum atomic E-state index is -3.98. The van der Waals surface area contributed by atoms with E-state index in [1.54, 1.807) is 57.8 Å². The van der Waals surface area contributed by atoms with E-state index in [0.717, 1.165) is 9.87 Å². The van der Waals surface area contributed by atoms with Gasteiger partial charge in [0.1, 0.15) is 17.5 Å². The Morgan fingerprint density at radius 3 is 2.23 bits per heavy atom. The Morgan fingerprint density at radius 2 is 1.71 bits per heavy atom. The quantitative estimate of drug-likeness (QED) is 0.498.